The first kappa shape index (κ1) is 20.5. The lowest BCUT2D eigenvalue weighted by atomic mass is 10.1. The van der Waals surface area contributed by atoms with Gasteiger partial charge in [0.05, 0.1) is 7.11 Å². The summed E-state index contributed by atoms with van der Waals surface area (Å²) in [6.07, 6.45) is 1.51. The highest BCUT2D eigenvalue weighted by atomic mass is 16.5. The number of nitrogens with one attached hydrogen (secondary N) is 1. The first-order valence-corrected chi connectivity index (χ1v) is 10.2. The predicted molar refractivity (Wildman–Crippen MR) is 124 cm³/mol. The summed E-state index contributed by atoms with van der Waals surface area (Å²) in [5, 5.41) is 3.22. The summed E-state index contributed by atoms with van der Waals surface area (Å²) in [5.41, 5.74) is 9.47. The molecule has 2 heterocycles. The van der Waals surface area contributed by atoms with Crippen molar-refractivity contribution in [1.29, 1.82) is 0 Å². The van der Waals surface area contributed by atoms with E-state index in [1.807, 2.05) is 24.3 Å². The lowest BCUT2D eigenvalue weighted by molar-refractivity contribution is 0.101. The number of nitrogen functional groups attached to an aromatic ring is 1. The van der Waals surface area contributed by atoms with E-state index in [4.69, 9.17) is 10.5 Å². The number of rotatable bonds is 6. The van der Waals surface area contributed by atoms with Gasteiger partial charge in [0.15, 0.2) is 17.4 Å². The van der Waals surface area contributed by atoms with E-state index in [1.165, 1.54) is 12.0 Å². The molecule has 0 aliphatic carbocycles. The second kappa shape index (κ2) is 8.91. The number of ether oxygens (including phenoxy) is 1. The summed E-state index contributed by atoms with van der Waals surface area (Å²) >= 11 is 0. The van der Waals surface area contributed by atoms with Gasteiger partial charge in [-0.2, -0.15) is 0 Å². The Bertz CT molecular complexity index is 1060. The van der Waals surface area contributed by atoms with E-state index in [1.54, 1.807) is 26.2 Å². The van der Waals surface area contributed by atoms with Crippen LogP contribution in [0.1, 0.15) is 17.3 Å². The summed E-state index contributed by atoms with van der Waals surface area (Å²) in [6.45, 7) is 4.86. The van der Waals surface area contributed by atoms with Crippen LogP contribution in [0, 0.1) is 0 Å². The molecule has 4 rings (SSSR count). The number of nitrogens with two attached hydrogens (primary N) is 1. The van der Waals surface area contributed by atoms with Crippen LogP contribution in [-0.4, -0.2) is 49.0 Å². The molecule has 0 radical (unpaired) electrons. The van der Waals surface area contributed by atoms with E-state index in [0.717, 1.165) is 43.4 Å². The fourth-order valence-corrected chi connectivity index (χ4v) is 3.66. The number of ketones is 1. The van der Waals surface area contributed by atoms with E-state index in [0.29, 0.717) is 17.1 Å². The molecule has 1 fully saturated rings. The fraction of sp³-hybridized carbons (Fsp3) is 0.261. The maximum absolute atomic E-state index is 11.6. The Morgan fingerprint density at radius 1 is 1.03 bits per heavy atom. The van der Waals surface area contributed by atoms with Crippen molar-refractivity contribution in [2.45, 2.75) is 6.92 Å². The molecular formula is C23H26N6O2. The predicted octanol–water partition coefficient (Wildman–Crippen LogP) is 3.34. The van der Waals surface area contributed by atoms with Gasteiger partial charge in [0.1, 0.15) is 17.8 Å². The molecule has 0 bridgehead atoms. The number of carbonyl (C=O) groups is 1. The lowest BCUT2D eigenvalue weighted by Gasteiger charge is -2.37. The second-order valence-corrected chi connectivity index (χ2v) is 7.39. The number of nitrogens with zero attached hydrogens (tertiary/aromatic N) is 4. The van der Waals surface area contributed by atoms with Gasteiger partial charge >= 0.3 is 0 Å². The maximum Gasteiger partial charge on any atom is 0.159 e. The molecule has 0 unspecified atom stereocenters. The molecule has 1 aliphatic rings. The maximum atomic E-state index is 11.6. The largest absolute Gasteiger partial charge is 0.497 e. The van der Waals surface area contributed by atoms with Crippen LogP contribution in [-0.2, 0) is 0 Å². The van der Waals surface area contributed by atoms with E-state index >= 15 is 0 Å². The minimum absolute atomic E-state index is 0.00901. The highest BCUT2D eigenvalue weighted by Gasteiger charge is 2.21. The molecule has 0 spiro atoms. The summed E-state index contributed by atoms with van der Waals surface area (Å²) < 4.78 is 5.24. The van der Waals surface area contributed by atoms with Crippen LogP contribution in [0.15, 0.2) is 54.9 Å². The van der Waals surface area contributed by atoms with Crippen molar-refractivity contribution < 1.29 is 9.53 Å². The third-order valence-corrected chi connectivity index (χ3v) is 5.41. The average molecular weight is 419 g/mol. The summed E-state index contributed by atoms with van der Waals surface area (Å²) in [7, 11) is 1.67. The van der Waals surface area contributed by atoms with Crippen LogP contribution in [0.5, 0.6) is 5.75 Å². The minimum atomic E-state index is 0.00901. The molecule has 160 valence electrons. The molecule has 0 amide bonds. The zero-order valence-electron chi connectivity index (χ0n) is 17.7. The van der Waals surface area contributed by atoms with E-state index in [-0.39, 0.29) is 5.78 Å². The van der Waals surface area contributed by atoms with Gasteiger partial charge in [0.2, 0.25) is 0 Å². The molecule has 3 aromatic rings. The molecule has 8 heteroatoms. The first-order chi connectivity index (χ1) is 15.0. The molecule has 31 heavy (non-hydrogen) atoms. The summed E-state index contributed by atoms with van der Waals surface area (Å²) in [5.74, 6) is 2.11. The normalized spacial score (nSPS) is 13.7. The summed E-state index contributed by atoms with van der Waals surface area (Å²) in [6, 6.07) is 15.4. The molecule has 0 atom stereocenters. The zero-order valence-corrected chi connectivity index (χ0v) is 17.7. The fourth-order valence-electron chi connectivity index (χ4n) is 3.66. The Morgan fingerprint density at radius 2 is 1.74 bits per heavy atom. The molecule has 0 saturated carbocycles. The van der Waals surface area contributed by atoms with Crippen LogP contribution in [0.3, 0.4) is 0 Å². The van der Waals surface area contributed by atoms with E-state index in [9.17, 15) is 4.79 Å². The number of piperazine rings is 1. The monoisotopic (exact) mass is 418 g/mol. The number of methoxy groups -OCH3 is 1. The van der Waals surface area contributed by atoms with Gasteiger partial charge in [0, 0.05) is 43.1 Å². The first-order valence-electron chi connectivity index (χ1n) is 10.2. The Hall–Kier alpha value is -3.81. The number of hydrogen-bond donors (Lipinski definition) is 2. The van der Waals surface area contributed by atoms with Gasteiger partial charge in [0.25, 0.3) is 0 Å². The third-order valence-electron chi connectivity index (χ3n) is 5.41. The quantitative estimate of drug-likeness (QED) is 0.589. The molecule has 8 nitrogen and oxygen atoms in total. The van der Waals surface area contributed by atoms with Crippen LogP contribution < -0.4 is 25.6 Å². The standard InChI is InChI=1S/C23H26N6O2/c1-16(30)17-4-3-5-18(14-17)27-22-21(24)23(26-15-25-22)29-12-10-28(11-13-29)19-6-8-20(31-2)9-7-19/h3-9,14-15H,10-13,24H2,1-2H3,(H,25,26,27). The van der Waals surface area contributed by atoms with Gasteiger partial charge in [-0.3, -0.25) is 4.79 Å². The highest BCUT2D eigenvalue weighted by molar-refractivity contribution is 5.95. The number of benzene rings is 2. The molecule has 1 aliphatic heterocycles. The van der Waals surface area contributed by atoms with Gasteiger partial charge in [-0.1, -0.05) is 12.1 Å². The number of hydrogen-bond acceptors (Lipinski definition) is 8. The Kier molecular flexibility index (Phi) is 5.88. The van der Waals surface area contributed by atoms with Crippen molar-refractivity contribution in [1.82, 2.24) is 9.97 Å². The van der Waals surface area contributed by atoms with Crippen molar-refractivity contribution >= 4 is 34.5 Å². The van der Waals surface area contributed by atoms with Crippen molar-refractivity contribution in [3.63, 3.8) is 0 Å². The summed E-state index contributed by atoms with van der Waals surface area (Å²) in [4.78, 5) is 24.9. The van der Waals surface area contributed by atoms with E-state index < -0.39 is 0 Å². The zero-order chi connectivity index (χ0) is 21.8. The van der Waals surface area contributed by atoms with Crippen molar-refractivity contribution in [3.8, 4) is 5.75 Å². The van der Waals surface area contributed by atoms with Crippen LogP contribution in [0.4, 0.5) is 28.7 Å². The van der Waals surface area contributed by atoms with Gasteiger partial charge in [-0.15, -0.1) is 0 Å². The van der Waals surface area contributed by atoms with E-state index in [2.05, 4.69) is 37.2 Å². The Morgan fingerprint density at radius 3 is 2.42 bits per heavy atom. The van der Waals surface area contributed by atoms with Crippen LogP contribution >= 0.6 is 0 Å². The number of anilines is 5. The topological polar surface area (TPSA) is 96.6 Å². The van der Waals surface area contributed by atoms with Crippen molar-refractivity contribution in [3.05, 3.63) is 60.4 Å². The van der Waals surface area contributed by atoms with Crippen LogP contribution in [0.25, 0.3) is 0 Å². The number of carbonyl (C=O) groups excluding carboxylic acids is 1. The molecule has 1 saturated heterocycles. The van der Waals surface area contributed by atoms with Crippen molar-refractivity contribution in [2.75, 3.05) is 54.1 Å². The Labute approximate surface area is 181 Å². The molecule has 3 N–H and O–H groups in total. The average Bonchev–Trinajstić information content (AvgIpc) is 2.81. The number of Topliss-reactive ketones (excluding diaryl/α,β-unsaturated/α-hetero) is 1. The van der Waals surface area contributed by atoms with Gasteiger partial charge in [-0.05, 0) is 43.3 Å². The second-order valence-electron chi connectivity index (χ2n) is 7.39. The Balaban J connectivity index is 1.46. The SMILES string of the molecule is COc1ccc(N2CCN(c3ncnc(Nc4cccc(C(C)=O)c4)c3N)CC2)cc1. The lowest BCUT2D eigenvalue weighted by Crippen LogP contribution is -2.47. The molecule has 2 aromatic carbocycles. The molecule has 1 aromatic heterocycles. The number of aromatic nitrogens is 2. The van der Waals surface area contributed by atoms with Crippen LogP contribution in [0.2, 0.25) is 0 Å². The van der Waals surface area contributed by atoms with Crippen molar-refractivity contribution in [2.24, 2.45) is 0 Å². The van der Waals surface area contributed by atoms with Gasteiger partial charge in [-0.25, -0.2) is 9.97 Å². The third kappa shape index (κ3) is 4.53. The minimum Gasteiger partial charge on any atom is -0.497 e. The molecular weight excluding hydrogens is 392 g/mol. The highest BCUT2D eigenvalue weighted by Crippen LogP contribution is 2.30. The van der Waals surface area contributed by atoms with Gasteiger partial charge < -0.3 is 25.6 Å². The smallest absolute Gasteiger partial charge is 0.159 e.